The van der Waals surface area contributed by atoms with Crippen molar-refractivity contribution in [2.75, 3.05) is 0 Å². The third-order valence-electron chi connectivity index (χ3n) is 4.21. The number of pyridine rings is 1. The number of aliphatic hydroxyl groups excluding tert-OH is 1. The zero-order valence-electron chi connectivity index (χ0n) is 13.5. The molecule has 6 nitrogen and oxygen atoms in total. The smallest absolute Gasteiger partial charge is 0.296 e. The number of hydrogen-bond donors (Lipinski definition) is 1. The lowest BCUT2D eigenvalue weighted by Gasteiger charge is -2.22. The quantitative estimate of drug-likeness (QED) is 0.435. The van der Waals surface area contributed by atoms with E-state index in [2.05, 4.69) is 4.98 Å². The number of nitrogens with zero attached hydrogens (tertiary/aromatic N) is 2. The number of furan rings is 1. The van der Waals surface area contributed by atoms with Crippen molar-refractivity contribution in [3.63, 3.8) is 0 Å². The number of amides is 1. The molecule has 1 aliphatic heterocycles. The Morgan fingerprint density at radius 1 is 1.19 bits per heavy atom. The molecule has 1 fully saturated rings. The number of rotatable bonds is 4. The fourth-order valence-corrected chi connectivity index (χ4v) is 3.72. The van der Waals surface area contributed by atoms with Crippen molar-refractivity contribution in [1.29, 1.82) is 0 Å². The van der Waals surface area contributed by atoms with Gasteiger partial charge >= 0.3 is 0 Å². The fourth-order valence-electron chi connectivity index (χ4n) is 3.02. The summed E-state index contributed by atoms with van der Waals surface area (Å²) in [5.74, 6) is -1.19. The molecule has 1 unspecified atom stereocenters. The van der Waals surface area contributed by atoms with Gasteiger partial charge in [0.2, 0.25) is 0 Å². The number of carbonyl (C=O) groups is 2. The highest BCUT2D eigenvalue weighted by Crippen LogP contribution is 2.40. The first-order valence-corrected chi connectivity index (χ1v) is 8.79. The van der Waals surface area contributed by atoms with E-state index in [0.29, 0.717) is 11.3 Å². The largest absolute Gasteiger partial charge is 0.507 e. The van der Waals surface area contributed by atoms with Crippen LogP contribution in [0.3, 0.4) is 0 Å². The maximum atomic E-state index is 12.7. The Kier molecular flexibility index (Phi) is 4.14. The summed E-state index contributed by atoms with van der Waals surface area (Å²) in [6, 6.07) is 9.55. The predicted octanol–water partition coefficient (Wildman–Crippen LogP) is 3.36. The average molecular weight is 366 g/mol. The van der Waals surface area contributed by atoms with E-state index < -0.39 is 17.7 Å². The number of hydrogen-bond acceptors (Lipinski definition) is 6. The van der Waals surface area contributed by atoms with Crippen LogP contribution in [0.25, 0.3) is 5.76 Å². The Bertz CT molecular complexity index is 962. The van der Waals surface area contributed by atoms with Crippen LogP contribution in [0, 0.1) is 0 Å². The number of likely N-dealkylation sites (tertiary alicyclic amines) is 1. The molecule has 1 saturated heterocycles. The summed E-state index contributed by atoms with van der Waals surface area (Å²) in [5, 5.41) is 12.6. The van der Waals surface area contributed by atoms with Crippen LogP contribution in [0.1, 0.15) is 22.2 Å². The second kappa shape index (κ2) is 6.61. The van der Waals surface area contributed by atoms with E-state index in [-0.39, 0.29) is 17.9 Å². The van der Waals surface area contributed by atoms with E-state index in [9.17, 15) is 14.7 Å². The van der Waals surface area contributed by atoms with Gasteiger partial charge in [-0.3, -0.25) is 14.6 Å². The summed E-state index contributed by atoms with van der Waals surface area (Å²) in [5.41, 5.74) is 0.443. The highest BCUT2D eigenvalue weighted by atomic mass is 32.1. The van der Waals surface area contributed by atoms with Crippen molar-refractivity contribution < 1.29 is 19.1 Å². The van der Waals surface area contributed by atoms with E-state index in [1.165, 1.54) is 34.9 Å². The number of thiophene rings is 1. The fraction of sp³-hybridized carbons (Fsp3) is 0.105. The van der Waals surface area contributed by atoms with Crippen molar-refractivity contribution in [3.05, 3.63) is 82.2 Å². The number of aliphatic hydroxyl groups is 1. The summed E-state index contributed by atoms with van der Waals surface area (Å²) in [4.78, 5) is 31.6. The Morgan fingerprint density at radius 2 is 2.00 bits per heavy atom. The molecule has 4 heterocycles. The molecular formula is C19H14N2O4S. The number of Topliss-reactive ketones (excluding diaryl/α,β-unsaturated/α-hetero) is 1. The third-order valence-corrected chi connectivity index (χ3v) is 5.07. The van der Waals surface area contributed by atoms with Gasteiger partial charge in [-0.25, -0.2) is 0 Å². The van der Waals surface area contributed by atoms with Gasteiger partial charge in [0, 0.05) is 22.8 Å². The van der Waals surface area contributed by atoms with E-state index in [4.69, 9.17) is 4.42 Å². The molecule has 3 aromatic rings. The van der Waals surface area contributed by atoms with Gasteiger partial charge < -0.3 is 14.4 Å². The molecule has 0 radical (unpaired) electrons. The molecule has 1 aliphatic rings. The number of ketones is 1. The molecule has 3 aromatic heterocycles. The summed E-state index contributed by atoms with van der Waals surface area (Å²) in [7, 11) is 0. The Morgan fingerprint density at radius 3 is 2.65 bits per heavy atom. The minimum Gasteiger partial charge on any atom is -0.507 e. The molecule has 4 rings (SSSR count). The van der Waals surface area contributed by atoms with Gasteiger partial charge in [-0.1, -0.05) is 6.07 Å². The SMILES string of the molecule is O=C1C(=O)N(Cc2cccs2)C(c2ccco2)/C1=C(/O)c1ccncc1. The second-order valence-electron chi connectivity index (χ2n) is 5.76. The van der Waals surface area contributed by atoms with Gasteiger partial charge in [0.25, 0.3) is 11.7 Å². The van der Waals surface area contributed by atoms with Crippen molar-refractivity contribution in [3.8, 4) is 0 Å². The molecular weight excluding hydrogens is 352 g/mol. The molecule has 130 valence electrons. The highest BCUT2D eigenvalue weighted by Gasteiger charge is 2.47. The van der Waals surface area contributed by atoms with E-state index in [0.717, 1.165) is 4.88 Å². The zero-order valence-corrected chi connectivity index (χ0v) is 14.3. The Hall–Kier alpha value is -3.19. The summed E-state index contributed by atoms with van der Waals surface area (Å²) >= 11 is 1.50. The van der Waals surface area contributed by atoms with Crippen molar-refractivity contribution in [2.45, 2.75) is 12.6 Å². The van der Waals surface area contributed by atoms with Gasteiger partial charge in [0.15, 0.2) is 0 Å². The van der Waals surface area contributed by atoms with Crippen LogP contribution < -0.4 is 0 Å². The molecule has 0 bridgehead atoms. The summed E-state index contributed by atoms with van der Waals surface area (Å²) in [6.07, 6.45) is 4.50. The number of carbonyl (C=O) groups excluding carboxylic acids is 2. The van der Waals surface area contributed by atoms with Gasteiger partial charge in [-0.15, -0.1) is 11.3 Å². The van der Waals surface area contributed by atoms with E-state index in [1.54, 1.807) is 24.3 Å². The Balaban J connectivity index is 1.84. The van der Waals surface area contributed by atoms with Crippen molar-refractivity contribution >= 4 is 28.8 Å². The maximum absolute atomic E-state index is 12.7. The van der Waals surface area contributed by atoms with Gasteiger partial charge in [-0.2, -0.15) is 0 Å². The molecule has 26 heavy (non-hydrogen) atoms. The van der Waals surface area contributed by atoms with Gasteiger partial charge in [-0.05, 0) is 35.7 Å². The van der Waals surface area contributed by atoms with Crippen LogP contribution >= 0.6 is 11.3 Å². The summed E-state index contributed by atoms with van der Waals surface area (Å²) in [6.45, 7) is 0.265. The maximum Gasteiger partial charge on any atom is 0.296 e. The standard InChI is InChI=1S/C19H14N2O4S/c22-17(12-5-7-20-8-6-12)15-16(14-4-1-9-25-14)21(19(24)18(15)23)11-13-3-2-10-26-13/h1-10,16,22H,11H2/b17-15-. The minimum absolute atomic E-state index is 0.0210. The predicted molar refractivity (Wildman–Crippen MR) is 95.1 cm³/mol. The Labute approximate surface area is 153 Å². The van der Waals surface area contributed by atoms with Crippen LogP contribution in [-0.4, -0.2) is 26.7 Å². The molecule has 0 spiro atoms. The molecule has 0 aromatic carbocycles. The molecule has 1 N–H and O–H groups in total. The second-order valence-corrected chi connectivity index (χ2v) is 6.79. The zero-order chi connectivity index (χ0) is 18.1. The van der Waals surface area contributed by atoms with Crippen LogP contribution in [0.4, 0.5) is 0 Å². The van der Waals surface area contributed by atoms with Crippen molar-refractivity contribution in [1.82, 2.24) is 9.88 Å². The molecule has 0 aliphatic carbocycles. The van der Waals surface area contributed by atoms with Crippen LogP contribution in [0.5, 0.6) is 0 Å². The van der Waals surface area contributed by atoms with Crippen molar-refractivity contribution in [2.24, 2.45) is 0 Å². The average Bonchev–Trinajstić information content (AvgIpc) is 3.41. The molecule has 1 atom stereocenters. The first-order valence-electron chi connectivity index (χ1n) is 7.91. The normalized spacial score (nSPS) is 19.2. The first kappa shape index (κ1) is 16.3. The topological polar surface area (TPSA) is 83.6 Å². The highest BCUT2D eigenvalue weighted by molar-refractivity contribution is 7.09. The van der Waals surface area contributed by atoms with E-state index >= 15 is 0 Å². The third kappa shape index (κ3) is 2.72. The van der Waals surface area contributed by atoms with Crippen LogP contribution in [-0.2, 0) is 16.1 Å². The van der Waals surface area contributed by atoms with Gasteiger partial charge in [0.1, 0.15) is 17.6 Å². The lowest BCUT2D eigenvalue weighted by molar-refractivity contribution is -0.140. The lowest BCUT2D eigenvalue weighted by Crippen LogP contribution is -2.28. The molecule has 7 heteroatoms. The van der Waals surface area contributed by atoms with Crippen LogP contribution in [0.2, 0.25) is 0 Å². The van der Waals surface area contributed by atoms with Crippen LogP contribution in [0.15, 0.2) is 70.4 Å². The minimum atomic E-state index is -0.778. The summed E-state index contributed by atoms with van der Waals surface area (Å²) < 4.78 is 5.48. The lowest BCUT2D eigenvalue weighted by atomic mass is 10.00. The van der Waals surface area contributed by atoms with E-state index in [1.807, 2.05) is 17.5 Å². The first-order chi connectivity index (χ1) is 12.7. The molecule has 0 saturated carbocycles. The monoisotopic (exact) mass is 366 g/mol. The van der Waals surface area contributed by atoms with Gasteiger partial charge in [0.05, 0.1) is 18.4 Å². The number of aromatic nitrogens is 1. The molecule has 1 amide bonds.